The normalized spacial score (nSPS) is 24.1. The first-order valence-corrected chi connectivity index (χ1v) is 11.1. The Hall–Kier alpha value is -3.51. The van der Waals surface area contributed by atoms with Crippen LogP contribution in [-0.4, -0.2) is 73.3 Å². The minimum absolute atomic E-state index is 0.00317. The molecule has 0 radical (unpaired) electrons. The summed E-state index contributed by atoms with van der Waals surface area (Å²) >= 11 is 0. The van der Waals surface area contributed by atoms with Gasteiger partial charge >= 0.3 is 29.8 Å². The van der Waals surface area contributed by atoms with Gasteiger partial charge in [-0.1, -0.05) is 30.3 Å². The lowest BCUT2D eigenvalue weighted by Crippen LogP contribution is -2.65. The van der Waals surface area contributed by atoms with Gasteiger partial charge in [0, 0.05) is 34.6 Å². The third kappa shape index (κ3) is 8.93. The Kier molecular flexibility index (Phi) is 10.8. The van der Waals surface area contributed by atoms with Crippen LogP contribution in [0, 0.1) is 0 Å². The molecule has 0 spiro atoms. The lowest BCUT2D eigenvalue weighted by atomic mass is 9.94. The summed E-state index contributed by atoms with van der Waals surface area (Å²) in [6.45, 7) is 5.17. The van der Waals surface area contributed by atoms with Gasteiger partial charge in [0.2, 0.25) is 0 Å². The summed E-state index contributed by atoms with van der Waals surface area (Å²) < 4.78 is 38.4. The summed E-state index contributed by atoms with van der Waals surface area (Å²) in [6, 6.07) is 8.98. The van der Waals surface area contributed by atoms with Gasteiger partial charge in [-0.2, -0.15) is 0 Å². The van der Waals surface area contributed by atoms with Crippen molar-refractivity contribution in [1.29, 1.82) is 0 Å². The van der Waals surface area contributed by atoms with Gasteiger partial charge < -0.3 is 33.2 Å². The van der Waals surface area contributed by atoms with Crippen molar-refractivity contribution >= 4 is 29.8 Å². The van der Waals surface area contributed by atoms with Crippen molar-refractivity contribution < 1.29 is 57.1 Å². The Labute approximate surface area is 208 Å². The van der Waals surface area contributed by atoms with Crippen LogP contribution in [0.5, 0.6) is 0 Å². The first kappa shape index (κ1) is 28.7. The Morgan fingerprint density at radius 1 is 0.750 bits per heavy atom. The number of esters is 5. The van der Waals surface area contributed by atoms with E-state index in [-0.39, 0.29) is 6.61 Å². The maximum atomic E-state index is 12.0. The van der Waals surface area contributed by atoms with Crippen molar-refractivity contribution in [3.63, 3.8) is 0 Å². The highest BCUT2D eigenvalue weighted by Gasteiger charge is 2.55. The van der Waals surface area contributed by atoms with E-state index in [2.05, 4.69) is 0 Å². The van der Waals surface area contributed by atoms with Crippen LogP contribution >= 0.6 is 0 Å². The highest BCUT2D eigenvalue weighted by Crippen LogP contribution is 2.32. The summed E-state index contributed by atoms with van der Waals surface area (Å²) in [5, 5.41) is 0. The molecule has 1 aliphatic heterocycles. The third-order valence-electron chi connectivity index (χ3n) is 4.83. The van der Waals surface area contributed by atoms with Crippen molar-refractivity contribution in [2.24, 2.45) is 0 Å². The molecule has 0 unspecified atom stereocenters. The molecule has 1 aliphatic rings. The van der Waals surface area contributed by atoms with Crippen molar-refractivity contribution in [3.05, 3.63) is 35.9 Å². The molecule has 0 N–H and O–H groups in total. The summed E-state index contributed by atoms with van der Waals surface area (Å²) in [6.07, 6.45) is -8.19. The summed E-state index contributed by atoms with van der Waals surface area (Å²) in [7, 11) is 0. The van der Waals surface area contributed by atoms with Gasteiger partial charge in [0.1, 0.15) is 12.7 Å². The topological polar surface area (TPSA) is 150 Å². The molecule has 0 saturated carbocycles. The third-order valence-corrected chi connectivity index (χ3v) is 4.83. The lowest BCUT2D eigenvalue weighted by Gasteiger charge is -2.45. The SMILES string of the molecule is CC(=O)OC[C@@H](OC(C)=O)[C@@H]1O[C@@H](OCc2ccccc2)[C@@H](OC(C)=O)[C@@H](OC(C)=O)[C@H]1OC(C)=O. The molecule has 1 saturated heterocycles. The average molecular weight is 510 g/mol. The number of hydrogen-bond donors (Lipinski definition) is 0. The van der Waals surface area contributed by atoms with Crippen LogP contribution < -0.4 is 0 Å². The van der Waals surface area contributed by atoms with E-state index in [0.717, 1.165) is 40.2 Å². The molecule has 0 amide bonds. The molecule has 198 valence electrons. The van der Waals surface area contributed by atoms with Crippen molar-refractivity contribution in [2.75, 3.05) is 6.61 Å². The van der Waals surface area contributed by atoms with Gasteiger partial charge in [-0.25, -0.2) is 0 Å². The predicted molar refractivity (Wildman–Crippen MR) is 119 cm³/mol. The highest BCUT2D eigenvalue weighted by molar-refractivity contribution is 5.69. The standard InChI is InChI=1S/C24H30O12/c1-13(25)30-12-19(32-14(2)26)20-21(33-15(3)27)22(34-16(4)28)23(35-17(5)29)24(36-20)31-11-18-9-7-6-8-10-18/h6-10,19-24H,11-12H2,1-5H3/t19-,20+,21+,22+,23+,24-/m1/s1. The van der Waals surface area contributed by atoms with E-state index < -0.39 is 73.3 Å². The van der Waals surface area contributed by atoms with E-state index in [0.29, 0.717) is 0 Å². The average Bonchev–Trinajstić information content (AvgIpc) is 2.77. The Bertz CT molecular complexity index is 930. The van der Waals surface area contributed by atoms with Crippen LogP contribution in [0.2, 0.25) is 0 Å². The number of carbonyl (C=O) groups excluding carboxylic acids is 5. The molecule has 0 bridgehead atoms. The quantitative estimate of drug-likeness (QED) is 0.329. The van der Waals surface area contributed by atoms with Crippen LogP contribution in [0.1, 0.15) is 40.2 Å². The maximum Gasteiger partial charge on any atom is 0.303 e. The highest BCUT2D eigenvalue weighted by atomic mass is 16.7. The fourth-order valence-electron chi connectivity index (χ4n) is 3.60. The molecule has 1 aromatic carbocycles. The van der Waals surface area contributed by atoms with Crippen molar-refractivity contribution in [2.45, 2.75) is 78.0 Å². The molecule has 2 rings (SSSR count). The van der Waals surface area contributed by atoms with Crippen molar-refractivity contribution in [1.82, 2.24) is 0 Å². The fraction of sp³-hybridized carbons (Fsp3) is 0.542. The first-order valence-electron chi connectivity index (χ1n) is 11.1. The molecule has 1 fully saturated rings. The summed E-state index contributed by atoms with van der Waals surface area (Å²) in [4.78, 5) is 59.1. The monoisotopic (exact) mass is 510 g/mol. The van der Waals surface area contributed by atoms with E-state index >= 15 is 0 Å². The zero-order valence-corrected chi connectivity index (χ0v) is 20.7. The smallest absolute Gasteiger partial charge is 0.303 e. The minimum Gasteiger partial charge on any atom is -0.462 e. The predicted octanol–water partition coefficient (Wildman–Crippen LogP) is 1.22. The number of benzene rings is 1. The Morgan fingerprint density at radius 2 is 1.31 bits per heavy atom. The molecule has 0 aromatic heterocycles. The van der Waals surface area contributed by atoms with Gasteiger partial charge in [-0.15, -0.1) is 0 Å². The Morgan fingerprint density at radius 3 is 1.83 bits per heavy atom. The number of ether oxygens (including phenoxy) is 7. The van der Waals surface area contributed by atoms with Gasteiger partial charge in [0.05, 0.1) is 6.61 Å². The molecule has 36 heavy (non-hydrogen) atoms. The molecule has 1 aromatic rings. The van der Waals surface area contributed by atoms with Crippen molar-refractivity contribution in [3.8, 4) is 0 Å². The van der Waals surface area contributed by atoms with Crippen LogP contribution in [0.4, 0.5) is 0 Å². The number of carbonyl (C=O) groups is 5. The maximum absolute atomic E-state index is 12.0. The second kappa shape index (κ2) is 13.5. The van der Waals surface area contributed by atoms with E-state index in [1.165, 1.54) is 0 Å². The zero-order chi connectivity index (χ0) is 26.8. The first-order chi connectivity index (χ1) is 17.0. The zero-order valence-electron chi connectivity index (χ0n) is 20.7. The molecule has 12 nitrogen and oxygen atoms in total. The van der Waals surface area contributed by atoms with Crippen LogP contribution in [0.3, 0.4) is 0 Å². The summed E-state index contributed by atoms with van der Waals surface area (Å²) in [5.41, 5.74) is 0.752. The number of rotatable bonds is 10. The minimum atomic E-state index is -1.42. The number of hydrogen-bond acceptors (Lipinski definition) is 12. The van der Waals surface area contributed by atoms with Gasteiger partial charge in [-0.05, 0) is 5.56 Å². The molecular weight excluding hydrogens is 480 g/mol. The van der Waals surface area contributed by atoms with Crippen LogP contribution in [0.25, 0.3) is 0 Å². The van der Waals surface area contributed by atoms with E-state index in [9.17, 15) is 24.0 Å². The summed E-state index contributed by atoms with van der Waals surface area (Å²) in [5.74, 6) is -3.72. The van der Waals surface area contributed by atoms with Gasteiger partial charge in [0.25, 0.3) is 0 Å². The van der Waals surface area contributed by atoms with Gasteiger partial charge in [-0.3, -0.25) is 24.0 Å². The molecular formula is C24H30O12. The molecule has 12 heteroatoms. The molecule has 6 atom stereocenters. The fourth-order valence-corrected chi connectivity index (χ4v) is 3.60. The Balaban J connectivity index is 2.51. The largest absolute Gasteiger partial charge is 0.462 e. The van der Waals surface area contributed by atoms with Gasteiger partial charge in [0.15, 0.2) is 30.7 Å². The second-order valence-corrected chi connectivity index (χ2v) is 7.94. The van der Waals surface area contributed by atoms with E-state index in [4.69, 9.17) is 33.2 Å². The molecule has 1 heterocycles. The molecule has 0 aliphatic carbocycles. The van der Waals surface area contributed by atoms with E-state index in [1.807, 2.05) is 6.07 Å². The lowest BCUT2D eigenvalue weighted by molar-refractivity contribution is -0.320. The van der Waals surface area contributed by atoms with Crippen LogP contribution in [0.15, 0.2) is 30.3 Å². The second-order valence-electron chi connectivity index (χ2n) is 7.94. The van der Waals surface area contributed by atoms with E-state index in [1.54, 1.807) is 24.3 Å². The van der Waals surface area contributed by atoms with Crippen LogP contribution in [-0.2, 0) is 63.7 Å².